The second kappa shape index (κ2) is 2.92. The molecule has 1 aliphatic heterocycles. The topological polar surface area (TPSA) is 6.48 Å². The summed E-state index contributed by atoms with van der Waals surface area (Å²) in [6.07, 6.45) is 11.0. The van der Waals surface area contributed by atoms with E-state index >= 15 is 0 Å². The highest BCUT2D eigenvalue weighted by molar-refractivity contribution is 5.06. The summed E-state index contributed by atoms with van der Waals surface area (Å²) in [7, 11) is 0. The summed E-state index contributed by atoms with van der Waals surface area (Å²) < 4.78 is 0. The summed E-state index contributed by atoms with van der Waals surface area (Å²) in [6.45, 7) is 7.23. The largest absolute Gasteiger partial charge is 0.328 e. The highest BCUT2D eigenvalue weighted by Crippen LogP contribution is 2.03. The first-order chi connectivity index (χ1) is 4.86. The second-order valence-corrected chi connectivity index (χ2v) is 1.86. The van der Waals surface area contributed by atoms with Crippen LogP contribution in [0.1, 0.15) is 0 Å². The first kappa shape index (κ1) is 6.68. The second-order valence-electron chi connectivity index (χ2n) is 1.86. The van der Waals surface area contributed by atoms with Crippen molar-refractivity contribution in [2.45, 2.75) is 0 Å². The van der Waals surface area contributed by atoms with Gasteiger partial charge in [-0.1, -0.05) is 13.2 Å². The van der Waals surface area contributed by atoms with Gasteiger partial charge < -0.3 is 9.80 Å². The fourth-order valence-electron chi connectivity index (χ4n) is 0.651. The van der Waals surface area contributed by atoms with Crippen LogP contribution in [0.4, 0.5) is 0 Å². The molecule has 1 heterocycles. The van der Waals surface area contributed by atoms with Crippen LogP contribution in [0.15, 0.2) is 50.4 Å². The van der Waals surface area contributed by atoms with Gasteiger partial charge in [0, 0.05) is 37.2 Å². The normalized spacial score (nSPS) is 15.6. The Morgan fingerprint density at radius 3 is 1.30 bits per heavy atom. The standard InChI is InChI=1S/C8H10N2/c1-3-9-5-7-10(4-2)8-6-9/h3-8H,1-2H2. The Morgan fingerprint density at radius 2 is 1.10 bits per heavy atom. The Balaban J connectivity index is 2.60. The maximum Gasteiger partial charge on any atom is 0.0249 e. The van der Waals surface area contributed by atoms with Gasteiger partial charge in [-0.2, -0.15) is 0 Å². The van der Waals surface area contributed by atoms with Crippen LogP contribution < -0.4 is 0 Å². The average molecular weight is 134 g/mol. The minimum Gasteiger partial charge on any atom is -0.328 e. The number of rotatable bonds is 2. The molecule has 0 aromatic heterocycles. The molecule has 10 heavy (non-hydrogen) atoms. The van der Waals surface area contributed by atoms with Gasteiger partial charge in [-0.15, -0.1) is 0 Å². The lowest BCUT2D eigenvalue weighted by molar-refractivity contribution is 0.580. The van der Waals surface area contributed by atoms with Crippen molar-refractivity contribution in [2.24, 2.45) is 0 Å². The summed E-state index contributed by atoms with van der Waals surface area (Å²) >= 11 is 0. The van der Waals surface area contributed by atoms with E-state index in [-0.39, 0.29) is 0 Å². The fraction of sp³-hybridized carbons (Fsp3) is 0. The minimum absolute atomic E-state index is 1.73. The average Bonchev–Trinajstić information content (AvgIpc) is 2.05. The van der Waals surface area contributed by atoms with Crippen LogP contribution in [0.25, 0.3) is 0 Å². The lowest BCUT2D eigenvalue weighted by Gasteiger charge is -2.18. The molecular formula is C8H10N2. The quantitative estimate of drug-likeness (QED) is 0.568. The Labute approximate surface area is 61.0 Å². The van der Waals surface area contributed by atoms with E-state index in [4.69, 9.17) is 0 Å². The third-order valence-electron chi connectivity index (χ3n) is 1.24. The zero-order valence-electron chi connectivity index (χ0n) is 5.77. The number of nitrogens with zero attached hydrogens (tertiary/aromatic N) is 2. The van der Waals surface area contributed by atoms with E-state index in [0.29, 0.717) is 0 Å². The molecule has 2 nitrogen and oxygen atoms in total. The van der Waals surface area contributed by atoms with Crippen molar-refractivity contribution in [1.82, 2.24) is 9.80 Å². The number of hydrogen-bond donors (Lipinski definition) is 0. The summed E-state index contributed by atoms with van der Waals surface area (Å²) in [4.78, 5) is 3.72. The van der Waals surface area contributed by atoms with Crippen LogP contribution in [0, 0.1) is 0 Å². The van der Waals surface area contributed by atoms with E-state index in [1.807, 2.05) is 34.6 Å². The molecule has 0 atom stereocenters. The Bertz CT molecular complexity index is 157. The maximum atomic E-state index is 3.61. The minimum atomic E-state index is 1.73. The van der Waals surface area contributed by atoms with E-state index in [2.05, 4.69) is 13.2 Å². The molecule has 0 fully saturated rings. The Kier molecular flexibility index (Phi) is 1.95. The zero-order chi connectivity index (χ0) is 7.40. The third-order valence-corrected chi connectivity index (χ3v) is 1.24. The molecule has 0 amide bonds. The molecule has 0 unspecified atom stereocenters. The van der Waals surface area contributed by atoms with Gasteiger partial charge >= 0.3 is 0 Å². The molecule has 0 aliphatic carbocycles. The molecule has 0 saturated carbocycles. The van der Waals surface area contributed by atoms with Crippen molar-refractivity contribution in [2.75, 3.05) is 0 Å². The van der Waals surface area contributed by atoms with Crippen LogP contribution in [0.2, 0.25) is 0 Å². The van der Waals surface area contributed by atoms with Crippen molar-refractivity contribution in [3.63, 3.8) is 0 Å². The van der Waals surface area contributed by atoms with Crippen molar-refractivity contribution in [1.29, 1.82) is 0 Å². The Morgan fingerprint density at radius 1 is 0.800 bits per heavy atom. The van der Waals surface area contributed by atoms with Crippen LogP contribution in [0.5, 0.6) is 0 Å². The van der Waals surface area contributed by atoms with Crippen molar-refractivity contribution in [3.05, 3.63) is 50.4 Å². The van der Waals surface area contributed by atoms with E-state index in [1.54, 1.807) is 12.4 Å². The predicted octanol–water partition coefficient (Wildman–Crippen LogP) is 1.83. The lowest BCUT2D eigenvalue weighted by Crippen LogP contribution is -2.10. The summed E-state index contributed by atoms with van der Waals surface area (Å²) in [5.74, 6) is 0. The van der Waals surface area contributed by atoms with E-state index < -0.39 is 0 Å². The van der Waals surface area contributed by atoms with Gasteiger partial charge in [0.1, 0.15) is 0 Å². The first-order valence-electron chi connectivity index (χ1n) is 3.03. The molecule has 52 valence electrons. The molecule has 0 aromatic rings. The van der Waals surface area contributed by atoms with Crippen LogP contribution >= 0.6 is 0 Å². The molecule has 0 spiro atoms. The summed E-state index contributed by atoms with van der Waals surface area (Å²) in [5, 5.41) is 0. The summed E-state index contributed by atoms with van der Waals surface area (Å²) in [5.41, 5.74) is 0. The third kappa shape index (κ3) is 1.29. The molecule has 1 rings (SSSR count). The van der Waals surface area contributed by atoms with Gasteiger partial charge in [0.25, 0.3) is 0 Å². The molecule has 0 radical (unpaired) electrons. The summed E-state index contributed by atoms with van der Waals surface area (Å²) in [6, 6.07) is 0. The van der Waals surface area contributed by atoms with Crippen molar-refractivity contribution >= 4 is 0 Å². The van der Waals surface area contributed by atoms with Crippen LogP contribution in [-0.4, -0.2) is 9.80 Å². The van der Waals surface area contributed by atoms with E-state index in [1.165, 1.54) is 0 Å². The molecule has 0 N–H and O–H groups in total. The van der Waals surface area contributed by atoms with Crippen LogP contribution in [0.3, 0.4) is 0 Å². The molecule has 0 saturated heterocycles. The number of hydrogen-bond acceptors (Lipinski definition) is 2. The first-order valence-corrected chi connectivity index (χ1v) is 3.03. The zero-order valence-corrected chi connectivity index (χ0v) is 5.77. The van der Waals surface area contributed by atoms with Crippen molar-refractivity contribution in [3.8, 4) is 0 Å². The van der Waals surface area contributed by atoms with Crippen LogP contribution in [-0.2, 0) is 0 Å². The van der Waals surface area contributed by atoms with Gasteiger partial charge in [0.2, 0.25) is 0 Å². The monoisotopic (exact) mass is 134 g/mol. The van der Waals surface area contributed by atoms with Gasteiger partial charge in [-0.25, -0.2) is 0 Å². The van der Waals surface area contributed by atoms with Gasteiger partial charge in [0.15, 0.2) is 0 Å². The molecule has 1 aliphatic rings. The maximum absolute atomic E-state index is 3.61. The fourth-order valence-corrected chi connectivity index (χ4v) is 0.651. The van der Waals surface area contributed by atoms with E-state index in [0.717, 1.165) is 0 Å². The van der Waals surface area contributed by atoms with Gasteiger partial charge in [-0.05, 0) is 0 Å². The molecular weight excluding hydrogens is 124 g/mol. The van der Waals surface area contributed by atoms with Crippen molar-refractivity contribution < 1.29 is 0 Å². The SMILES string of the molecule is C=CN1C=CN(C=C)C=C1. The van der Waals surface area contributed by atoms with Gasteiger partial charge in [-0.3, -0.25) is 0 Å². The highest BCUT2D eigenvalue weighted by atomic mass is 15.2. The lowest BCUT2D eigenvalue weighted by atomic mass is 10.5. The Hall–Kier alpha value is -1.44. The van der Waals surface area contributed by atoms with E-state index in [9.17, 15) is 0 Å². The molecule has 0 bridgehead atoms. The molecule has 0 aromatic carbocycles. The smallest absolute Gasteiger partial charge is 0.0249 e. The predicted molar refractivity (Wildman–Crippen MR) is 42.4 cm³/mol. The van der Waals surface area contributed by atoms with Gasteiger partial charge in [0.05, 0.1) is 0 Å². The highest BCUT2D eigenvalue weighted by Gasteiger charge is 1.94. The molecule has 2 heteroatoms.